The minimum absolute atomic E-state index is 0.634. The van der Waals surface area contributed by atoms with Crippen LogP contribution in [0.25, 0.3) is 4.85 Å². The minimum Gasteiger partial charge on any atom is -0.269 e. The van der Waals surface area contributed by atoms with E-state index in [9.17, 15) is 0 Å². The van der Waals surface area contributed by atoms with Crippen molar-refractivity contribution in [1.29, 1.82) is 0 Å². The molecule has 0 saturated carbocycles. The highest BCUT2D eigenvalue weighted by molar-refractivity contribution is 9.08. The van der Waals surface area contributed by atoms with Gasteiger partial charge in [0.1, 0.15) is 0 Å². The maximum atomic E-state index is 6.79. The van der Waals surface area contributed by atoms with Crippen LogP contribution in [0.15, 0.2) is 12.1 Å². The SMILES string of the molecule is [C-]#[N+]c1ccc(CBr)nc1C. The normalized spacial score (nSPS) is 9.18. The third kappa shape index (κ3) is 1.78. The summed E-state index contributed by atoms with van der Waals surface area (Å²) in [7, 11) is 0. The molecule has 0 amide bonds. The summed E-state index contributed by atoms with van der Waals surface area (Å²) < 4.78 is 0. The summed E-state index contributed by atoms with van der Waals surface area (Å²) >= 11 is 3.30. The van der Waals surface area contributed by atoms with E-state index >= 15 is 0 Å². The predicted octanol–water partition coefficient (Wildman–Crippen LogP) is 2.84. The molecule has 2 nitrogen and oxygen atoms in total. The molecule has 0 aromatic carbocycles. The van der Waals surface area contributed by atoms with E-state index in [1.165, 1.54) is 0 Å². The van der Waals surface area contributed by atoms with Gasteiger partial charge in [0, 0.05) is 16.7 Å². The lowest BCUT2D eigenvalue weighted by molar-refractivity contribution is 1.12. The van der Waals surface area contributed by atoms with Gasteiger partial charge in [-0.15, -0.1) is 0 Å². The summed E-state index contributed by atoms with van der Waals surface area (Å²) in [5.74, 6) is 0. The number of hydrogen-bond donors (Lipinski definition) is 0. The Morgan fingerprint density at radius 2 is 2.36 bits per heavy atom. The maximum absolute atomic E-state index is 6.79. The van der Waals surface area contributed by atoms with Crippen LogP contribution in [0.4, 0.5) is 5.69 Å². The Morgan fingerprint density at radius 1 is 1.64 bits per heavy atom. The van der Waals surface area contributed by atoms with Gasteiger partial charge in [0.25, 0.3) is 0 Å². The molecule has 0 aliphatic carbocycles. The quantitative estimate of drug-likeness (QED) is 0.515. The lowest BCUT2D eigenvalue weighted by Crippen LogP contribution is -1.86. The molecule has 1 rings (SSSR count). The summed E-state index contributed by atoms with van der Waals surface area (Å²) in [6, 6.07) is 3.65. The maximum Gasteiger partial charge on any atom is 0.208 e. The molecular formula is C8H7BrN2. The van der Waals surface area contributed by atoms with Crippen molar-refractivity contribution in [2.24, 2.45) is 0 Å². The van der Waals surface area contributed by atoms with Crippen molar-refractivity contribution >= 4 is 21.6 Å². The van der Waals surface area contributed by atoms with Crippen LogP contribution in [-0.4, -0.2) is 4.98 Å². The van der Waals surface area contributed by atoms with E-state index in [2.05, 4.69) is 25.8 Å². The van der Waals surface area contributed by atoms with E-state index < -0.39 is 0 Å². The monoisotopic (exact) mass is 210 g/mol. The van der Waals surface area contributed by atoms with Gasteiger partial charge in [0.05, 0.1) is 6.57 Å². The van der Waals surface area contributed by atoms with E-state index in [0.29, 0.717) is 5.69 Å². The third-order valence-electron chi connectivity index (χ3n) is 1.37. The molecule has 0 fully saturated rings. The molecule has 0 aliphatic rings. The van der Waals surface area contributed by atoms with Crippen LogP contribution in [0.3, 0.4) is 0 Å². The van der Waals surface area contributed by atoms with E-state index in [1.807, 2.05) is 13.0 Å². The molecule has 0 N–H and O–H groups in total. The number of aromatic nitrogens is 1. The Morgan fingerprint density at radius 3 is 2.82 bits per heavy atom. The van der Waals surface area contributed by atoms with Gasteiger partial charge in [-0.2, -0.15) is 0 Å². The van der Waals surface area contributed by atoms with Crippen molar-refractivity contribution in [3.05, 3.63) is 34.9 Å². The largest absolute Gasteiger partial charge is 0.269 e. The second kappa shape index (κ2) is 3.49. The Bertz CT molecular complexity index is 301. The number of hydrogen-bond acceptors (Lipinski definition) is 1. The number of nitrogens with zero attached hydrogens (tertiary/aromatic N) is 2. The van der Waals surface area contributed by atoms with Crippen LogP contribution >= 0.6 is 15.9 Å². The molecule has 1 aromatic heterocycles. The summed E-state index contributed by atoms with van der Waals surface area (Å²) in [6.07, 6.45) is 0. The predicted molar refractivity (Wildman–Crippen MR) is 47.9 cm³/mol. The van der Waals surface area contributed by atoms with E-state index in [4.69, 9.17) is 6.57 Å². The minimum atomic E-state index is 0.634. The zero-order valence-corrected chi connectivity index (χ0v) is 7.72. The number of alkyl halides is 1. The average molecular weight is 211 g/mol. The molecule has 1 heterocycles. The van der Waals surface area contributed by atoms with Crippen LogP contribution in [0, 0.1) is 13.5 Å². The Kier molecular flexibility index (Phi) is 2.61. The molecule has 0 radical (unpaired) electrons. The highest BCUT2D eigenvalue weighted by Gasteiger charge is 1.98. The van der Waals surface area contributed by atoms with Gasteiger partial charge in [-0.3, -0.25) is 4.98 Å². The van der Waals surface area contributed by atoms with Crippen molar-refractivity contribution in [3.63, 3.8) is 0 Å². The van der Waals surface area contributed by atoms with Crippen molar-refractivity contribution in [2.75, 3.05) is 0 Å². The molecule has 0 atom stereocenters. The number of rotatable bonds is 1. The zero-order valence-electron chi connectivity index (χ0n) is 6.13. The molecule has 0 spiro atoms. The topological polar surface area (TPSA) is 17.2 Å². The standard InChI is InChI=1S/C8H7BrN2/c1-6-8(10-2)4-3-7(5-9)11-6/h3-4H,5H2,1H3. The van der Waals surface area contributed by atoms with Crippen molar-refractivity contribution in [2.45, 2.75) is 12.3 Å². The second-order valence-corrected chi connectivity index (χ2v) is 2.71. The number of pyridine rings is 1. The van der Waals surface area contributed by atoms with Gasteiger partial charge in [0.2, 0.25) is 5.69 Å². The molecule has 0 bridgehead atoms. The third-order valence-corrected chi connectivity index (χ3v) is 1.95. The van der Waals surface area contributed by atoms with Crippen molar-refractivity contribution < 1.29 is 0 Å². The first-order valence-electron chi connectivity index (χ1n) is 3.18. The van der Waals surface area contributed by atoms with Gasteiger partial charge < -0.3 is 0 Å². The highest BCUT2D eigenvalue weighted by atomic mass is 79.9. The van der Waals surface area contributed by atoms with Crippen LogP contribution in [0.2, 0.25) is 0 Å². The highest BCUT2D eigenvalue weighted by Crippen LogP contribution is 2.16. The molecule has 56 valence electrons. The Balaban J connectivity index is 3.12. The van der Waals surface area contributed by atoms with Crippen LogP contribution in [-0.2, 0) is 5.33 Å². The smallest absolute Gasteiger partial charge is 0.208 e. The fraction of sp³-hybridized carbons (Fsp3) is 0.250. The summed E-state index contributed by atoms with van der Waals surface area (Å²) in [5.41, 5.74) is 2.40. The Labute approximate surface area is 74.2 Å². The first-order valence-corrected chi connectivity index (χ1v) is 4.30. The van der Waals surface area contributed by atoms with E-state index in [1.54, 1.807) is 6.07 Å². The molecule has 1 aromatic rings. The number of halogens is 1. The molecule has 0 saturated heterocycles. The van der Waals surface area contributed by atoms with Crippen LogP contribution in [0.5, 0.6) is 0 Å². The van der Waals surface area contributed by atoms with Gasteiger partial charge in [-0.25, -0.2) is 4.85 Å². The van der Waals surface area contributed by atoms with Gasteiger partial charge in [-0.05, 0) is 6.92 Å². The zero-order chi connectivity index (χ0) is 8.27. The molecule has 0 unspecified atom stereocenters. The van der Waals surface area contributed by atoms with Gasteiger partial charge in [0.15, 0.2) is 0 Å². The van der Waals surface area contributed by atoms with E-state index in [0.717, 1.165) is 16.7 Å². The molecule has 3 heteroatoms. The Hall–Kier alpha value is -0.880. The first kappa shape index (κ1) is 8.22. The lowest BCUT2D eigenvalue weighted by Gasteiger charge is -1.98. The van der Waals surface area contributed by atoms with E-state index in [-0.39, 0.29) is 0 Å². The second-order valence-electron chi connectivity index (χ2n) is 2.15. The summed E-state index contributed by atoms with van der Waals surface area (Å²) in [5, 5.41) is 0.742. The summed E-state index contributed by atoms with van der Waals surface area (Å²) in [6.45, 7) is 8.63. The van der Waals surface area contributed by atoms with Crippen molar-refractivity contribution in [3.8, 4) is 0 Å². The van der Waals surface area contributed by atoms with Crippen LogP contribution < -0.4 is 0 Å². The number of aryl methyl sites for hydroxylation is 1. The average Bonchev–Trinajstić information content (AvgIpc) is 2.04. The van der Waals surface area contributed by atoms with Crippen molar-refractivity contribution in [1.82, 2.24) is 4.98 Å². The van der Waals surface area contributed by atoms with Gasteiger partial charge >= 0.3 is 0 Å². The van der Waals surface area contributed by atoms with Crippen LogP contribution in [0.1, 0.15) is 11.4 Å². The first-order chi connectivity index (χ1) is 5.27. The lowest BCUT2D eigenvalue weighted by atomic mass is 10.3. The fourth-order valence-electron chi connectivity index (χ4n) is 0.798. The van der Waals surface area contributed by atoms with Gasteiger partial charge in [-0.1, -0.05) is 28.1 Å². The molecular weight excluding hydrogens is 204 g/mol. The summed E-state index contributed by atoms with van der Waals surface area (Å²) in [4.78, 5) is 7.52. The fourth-order valence-corrected chi connectivity index (χ4v) is 1.11. The molecule has 0 aliphatic heterocycles. The molecule has 11 heavy (non-hydrogen) atoms.